The second-order valence-corrected chi connectivity index (χ2v) is 3.63. The van der Waals surface area contributed by atoms with Crippen LogP contribution in [-0.4, -0.2) is 32.6 Å². The predicted octanol–water partition coefficient (Wildman–Crippen LogP) is 0.142. The third kappa shape index (κ3) is 1.38. The van der Waals surface area contributed by atoms with E-state index in [0.29, 0.717) is 12.3 Å². The van der Waals surface area contributed by atoms with Crippen LogP contribution in [-0.2, 0) is 4.74 Å². The largest absolute Gasteiger partial charge is 0.369 e. The van der Waals surface area contributed by atoms with Crippen LogP contribution in [0.4, 0.5) is 0 Å². The molecule has 3 rings (SSSR count). The van der Waals surface area contributed by atoms with Gasteiger partial charge in [0.2, 0.25) is 0 Å². The van der Waals surface area contributed by atoms with Crippen molar-refractivity contribution < 1.29 is 4.74 Å². The Hall–Kier alpha value is -1.53. The van der Waals surface area contributed by atoms with Crippen molar-refractivity contribution >= 4 is 11.2 Å². The Morgan fingerprint density at radius 3 is 3.20 bits per heavy atom. The van der Waals surface area contributed by atoms with Crippen LogP contribution in [0.2, 0.25) is 0 Å². The molecule has 78 valence electrons. The number of ether oxygens (including phenoxy) is 1. The topological polar surface area (TPSA) is 89.7 Å². The van der Waals surface area contributed by atoms with Crippen molar-refractivity contribution in [1.29, 1.82) is 0 Å². The highest BCUT2D eigenvalue weighted by Gasteiger charge is 2.29. The molecule has 6 nitrogen and oxygen atoms in total. The first kappa shape index (κ1) is 8.75. The van der Waals surface area contributed by atoms with Gasteiger partial charge in [0.05, 0.1) is 6.20 Å². The van der Waals surface area contributed by atoms with Gasteiger partial charge in [0.15, 0.2) is 5.65 Å². The number of hydrogen-bond acceptors (Lipinski definition) is 5. The Morgan fingerprint density at radius 1 is 1.53 bits per heavy atom. The number of imidazole rings is 1. The number of aromatic nitrogens is 4. The fourth-order valence-electron chi connectivity index (χ4n) is 1.80. The van der Waals surface area contributed by atoms with Crippen LogP contribution in [0.1, 0.15) is 18.3 Å². The molecule has 3 heterocycles. The quantitative estimate of drug-likeness (QED) is 0.691. The molecule has 0 radical (unpaired) electrons. The normalized spacial score (nSPS) is 26.2. The van der Waals surface area contributed by atoms with E-state index < -0.39 is 0 Å². The standard InChI is InChI=1S/C9H11N5O/c10-5-1-2-15-7(5)9-13-6-3-11-4-12-8(6)14-9/h3-5,7H,1-2,10H2,(H,11,12,13,14)/t5-,7?/m0/s1. The molecule has 0 saturated carbocycles. The lowest BCUT2D eigenvalue weighted by molar-refractivity contribution is 0.0988. The zero-order valence-corrected chi connectivity index (χ0v) is 8.05. The van der Waals surface area contributed by atoms with E-state index in [-0.39, 0.29) is 12.1 Å². The minimum absolute atomic E-state index is 0.0125. The Labute approximate surface area is 85.9 Å². The van der Waals surface area contributed by atoms with Crippen molar-refractivity contribution in [3.63, 3.8) is 0 Å². The highest BCUT2D eigenvalue weighted by molar-refractivity contribution is 5.68. The number of hydrogen-bond donors (Lipinski definition) is 2. The summed E-state index contributed by atoms with van der Waals surface area (Å²) >= 11 is 0. The summed E-state index contributed by atoms with van der Waals surface area (Å²) in [7, 11) is 0. The van der Waals surface area contributed by atoms with E-state index >= 15 is 0 Å². The highest BCUT2D eigenvalue weighted by atomic mass is 16.5. The van der Waals surface area contributed by atoms with E-state index in [1.807, 2.05) is 0 Å². The third-order valence-electron chi connectivity index (χ3n) is 2.59. The summed E-state index contributed by atoms with van der Waals surface area (Å²) < 4.78 is 5.51. The number of nitrogens with two attached hydrogens (primary N) is 1. The Morgan fingerprint density at radius 2 is 2.47 bits per heavy atom. The average molecular weight is 205 g/mol. The van der Waals surface area contributed by atoms with E-state index in [2.05, 4.69) is 19.9 Å². The summed E-state index contributed by atoms with van der Waals surface area (Å²) in [6.07, 6.45) is 3.90. The van der Waals surface area contributed by atoms with Crippen molar-refractivity contribution in [2.24, 2.45) is 5.73 Å². The lowest BCUT2D eigenvalue weighted by Crippen LogP contribution is -2.24. The van der Waals surface area contributed by atoms with Gasteiger partial charge in [-0.1, -0.05) is 0 Å². The average Bonchev–Trinajstić information content (AvgIpc) is 2.82. The van der Waals surface area contributed by atoms with Crippen molar-refractivity contribution in [3.05, 3.63) is 18.3 Å². The van der Waals surface area contributed by atoms with Gasteiger partial charge in [-0.05, 0) is 6.42 Å². The number of nitrogens with zero attached hydrogens (tertiary/aromatic N) is 3. The van der Waals surface area contributed by atoms with Gasteiger partial charge >= 0.3 is 0 Å². The number of fused-ring (bicyclic) bond motifs is 1. The Balaban J connectivity index is 2.04. The van der Waals surface area contributed by atoms with Crippen LogP contribution >= 0.6 is 0 Å². The fraction of sp³-hybridized carbons (Fsp3) is 0.444. The minimum Gasteiger partial charge on any atom is -0.369 e. The maximum Gasteiger partial charge on any atom is 0.180 e. The summed E-state index contributed by atoms with van der Waals surface area (Å²) in [5.74, 6) is 0.746. The smallest absolute Gasteiger partial charge is 0.180 e. The van der Waals surface area contributed by atoms with Gasteiger partial charge in [0.1, 0.15) is 23.8 Å². The molecule has 0 amide bonds. The fourth-order valence-corrected chi connectivity index (χ4v) is 1.80. The van der Waals surface area contributed by atoms with Crippen LogP contribution in [0, 0.1) is 0 Å². The van der Waals surface area contributed by atoms with Crippen molar-refractivity contribution in [1.82, 2.24) is 19.9 Å². The molecular formula is C9H11N5O. The van der Waals surface area contributed by atoms with Crippen LogP contribution in [0.15, 0.2) is 12.5 Å². The predicted molar refractivity (Wildman–Crippen MR) is 53.0 cm³/mol. The minimum atomic E-state index is -0.140. The summed E-state index contributed by atoms with van der Waals surface area (Å²) in [5.41, 5.74) is 7.38. The number of nitrogens with one attached hydrogen (secondary N) is 1. The SMILES string of the molecule is N[C@H]1CCOC1c1nc2ncncc2[nH]1. The highest BCUT2D eigenvalue weighted by Crippen LogP contribution is 2.26. The Bertz CT molecular complexity index is 449. The molecule has 1 saturated heterocycles. The molecule has 1 aliphatic heterocycles. The zero-order chi connectivity index (χ0) is 10.3. The summed E-state index contributed by atoms with van der Waals surface area (Å²) in [5, 5.41) is 0. The van der Waals surface area contributed by atoms with Crippen LogP contribution in [0.3, 0.4) is 0 Å². The van der Waals surface area contributed by atoms with Gasteiger partial charge in [0.25, 0.3) is 0 Å². The number of rotatable bonds is 1. The van der Waals surface area contributed by atoms with Crippen LogP contribution in [0.5, 0.6) is 0 Å². The first-order valence-corrected chi connectivity index (χ1v) is 4.87. The van der Waals surface area contributed by atoms with Gasteiger partial charge in [-0.15, -0.1) is 0 Å². The van der Waals surface area contributed by atoms with Gasteiger partial charge in [-0.25, -0.2) is 15.0 Å². The van der Waals surface area contributed by atoms with E-state index in [9.17, 15) is 0 Å². The molecule has 0 aliphatic carbocycles. The van der Waals surface area contributed by atoms with Crippen LogP contribution < -0.4 is 5.73 Å². The maximum atomic E-state index is 5.91. The lowest BCUT2D eigenvalue weighted by Gasteiger charge is -2.10. The van der Waals surface area contributed by atoms with Gasteiger partial charge < -0.3 is 15.5 Å². The molecule has 0 bridgehead atoms. The molecule has 2 atom stereocenters. The summed E-state index contributed by atoms with van der Waals surface area (Å²) in [6, 6.07) is 0.0125. The molecule has 1 fully saturated rings. The molecule has 2 aromatic heterocycles. The van der Waals surface area contributed by atoms with Gasteiger partial charge in [-0.3, -0.25) is 0 Å². The van der Waals surface area contributed by atoms with Gasteiger partial charge in [-0.2, -0.15) is 0 Å². The summed E-state index contributed by atoms with van der Waals surface area (Å²) in [4.78, 5) is 15.4. The van der Waals surface area contributed by atoms with E-state index in [4.69, 9.17) is 10.5 Å². The van der Waals surface area contributed by atoms with Crippen molar-refractivity contribution in [2.75, 3.05) is 6.61 Å². The molecule has 3 N–H and O–H groups in total. The van der Waals surface area contributed by atoms with Gasteiger partial charge in [0, 0.05) is 12.6 Å². The van der Waals surface area contributed by atoms with Crippen molar-refractivity contribution in [3.8, 4) is 0 Å². The van der Waals surface area contributed by atoms with E-state index in [0.717, 1.165) is 17.8 Å². The molecular weight excluding hydrogens is 194 g/mol. The zero-order valence-electron chi connectivity index (χ0n) is 8.05. The molecule has 2 aromatic rings. The molecule has 0 aromatic carbocycles. The Kier molecular flexibility index (Phi) is 1.90. The number of H-pyrrole nitrogens is 1. The second-order valence-electron chi connectivity index (χ2n) is 3.63. The second kappa shape index (κ2) is 3.25. The molecule has 1 aliphatic rings. The van der Waals surface area contributed by atoms with E-state index in [1.165, 1.54) is 6.33 Å². The first-order valence-electron chi connectivity index (χ1n) is 4.87. The maximum absolute atomic E-state index is 5.91. The molecule has 6 heteroatoms. The molecule has 1 unspecified atom stereocenters. The number of aromatic amines is 1. The van der Waals surface area contributed by atoms with E-state index in [1.54, 1.807) is 6.20 Å². The molecule has 15 heavy (non-hydrogen) atoms. The summed E-state index contributed by atoms with van der Waals surface area (Å²) in [6.45, 7) is 0.689. The molecule has 0 spiro atoms. The van der Waals surface area contributed by atoms with Crippen molar-refractivity contribution in [2.45, 2.75) is 18.6 Å². The lowest BCUT2D eigenvalue weighted by atomic mass is 10.1. The van der Waals surface area contributed by atoms with Crippen LogP contribution in [0.25, 0.3) is 11.2 Å². The first-order chi connectivity index (χ1) is 7.34. The monoisotopic (exact) mass is 205 g/mol. The third-order valence-corrected chi connectivity index (χ3v) is 2.59.